The second-order valence-electron chi connectivity index (χ2n) is 4.95. The van der Waals surface area contributed by atoms with Gasteiger partial charge in [0.05, 0.1) is 0 Å². The Balaban J connectivity index is 0.00000133. The molecule has 0 saturated carbocycles. The molecule has 1 aliphatic heterocycles. The number of hydrogen-bond donors (Lipinski definition) is 1. The highest BCUT2D eigenvalue weighted by Gasteiger charge is 2.26. The molecule has 1 aromatic heterocycles. The standard InChI is InChI=1S/C14H16N2O2.ClH/c1-9-2-3-12-10(6-9)7-13(18-12)14(17)16-5-4-11(15)8-16;/h2-3,6-7,11H,4-5,8,15H2,1H3;1H/t11-;/m0./s1. The van der Waals surface area contributed by atoms with E-state index >= 15 is 0 Å². The van der Waals surface area contributed by atoms with Gasteiger partial charge < -0.3 is 15.1 Å². The fourth-order valence-corrected chi connectivity index (χ4v) is 2.40. The van der Waals surface area contributed by atoms with Crippen LogP contribution in [0.2, 0.25) is 0 Å². The Hall–Kier alpha value is -1.52. The van der Waals surface area contributed by atoms with Crippen LogP contribution in [0.4, 0.5) is 0 Å². The van der Waals surface area contributed by atoms with E-state index in [1.165, 1.54) is 0 Å². The molecule has 0 unspecified atom stereocenters. The molecule has 2 N–H and O–H groups in total. The zero-order chi connectivity index (χ0) is 12.7. The Morgan fingerprint density at radius 3 is 2.89 bits per heavy atom. The number of nitrogens with two attached hydrogens (primary N) is 1. The van der Waals surface area contributed by atoms with E-state index in [2.05, 4.69) is 0 Å². The van der Waals surface area contributed by atoms with Crippen LogP contribution < -0.4 is 5.73 Å². The Morgan fingerprint density at radius 1 is 1.42 bits per heavy atom. The van der Waals surface area contributed by atoms with Crippen molar-refractivity contribution < 1.29 is 9.21 Å². The third-order valence-electron chi connectivity index (χ3n) is 3.39. The molecule has 0 radical (unpaired) electrons. The Labute approximate surface area is 118 Å². The van der Waals surface area contributed by atoms with Crippen molar-refractivity contribution in [3.63, 3.8) is 0 Å². The molecule has 4 nitrogen and oxygen atoms in total. The predicted octanol–water partition coefficient (Wildman–Crippen LogP) is 2.34. The summed E-state index contributed by atoms with van der Waals surface area (Å²) < 4.78 is 5.60. The molecule has 3 rings (SSSR count). The number of nitrogens with zero attached hydrogens (tertiary/aromatic N) is 1. The molecule has 1 aromatic carbocycles. The lowest BCUT2D eigenvalue weighted by Gasteiger charge is -2.13. The highest BCUT2D eigenvalue weighted by atomic mass is 35.5. The number of fused-ring (bicyclic) bond motifs is 1. The third kappa shape index (κ3) is 2.60. The van der Waals surface area contributed by atoms with Gasteiger partial charge in [0.25, 0.3) is 5.91 Å². The van der Waals surface area contributed by atoms with E-state index < -0.39 is 0 Å². The van der Waals surface area contributed by atoms with Gasteiger partial charge in [-0.05, 0) is 31.5 Å². The lowest BCUT2D eigenvalue weighted by atomic mass is 10.2. The molecule has 1 fully saturated rings. The average molecular weight is 281 g/mol. The first-order valence-electron chi connectivity index (χ1n) is 6.18. The van der Waals surface area contributed by atoms with Crippen LogP contribution in [0.15, 0.2) is 28.7 Å². The maximum Gasteiger partial charge on any atom is 0.289 e. The third-order valence-corrected chi connectivity index (χ3v) is 3.39. The van der Waals surface area contributed by atoms with Crippen molar-refractivity contribution in [2.24, 2.45) is 5.73 Å². The topological polar surface area (TPSA) is 59.5 Å². The van der Waals surface area contributed by atoms with Gasteiger partial charge in [-0.15, -0.1) is 12.4 Å². The molecular weight excluding hydrogens is 264 g/mol. The van der Waals surface area contributed by atoms with Crippen LogP contribution in [0.5, 0.6) is 0 Å². The van der Waals surface area contributed by atoms with Crippen molar-refractivity contribution in [2.75, 3.05) is 13.1 Å². The summed E-state index contributed by atoms with van der Waals surface area (Å²) in [6.45, 7) is 3.36. The van der Waals surface area contributed by atoms with Crippen molar-refractivity contribution >= 4 is 29.3 Å². The largest absolute Gasteiger partial charge is 0.451 e. The zero-order valence-electron chi connectivity index (χ0n) is 10.8. The SMILES string of the molecule is Cc1ccc2oc(C(=O)N3CC[C@H](N)C3)cc2c1.Cl. The summed E-state index contributed by atoms with van der Waals surface area (Å²) in [7, 11) is 0. The zero-order valence-corrected chi connectivity index (χ0v) is 11.6. The van der Waals surface area contributed by atoms with Crippen LogP contribution in [0.1, 0.15) is 22.5 Å². The molecule has 0 spiro atoms. The summed E-state index contributed by atoms with van der Waals surface area (Å²) in [5.41, 5.74) is 7.73. The van der Waals surface area contributed by atoms with Gasteiger partial charge in [0, 0.05) is 24.5 Å². The fourth-order valence-electron chi connectivity index (χ4n) is 2.40. The van der Waals surface area contributed by atoms with Gasteiger partial charge in [0.2, 0.25) is 0 Å². The van der Waals surface area contributed by atoms with Gasteiger partial charge >= 0.3 is 0 Å². The molecule has 19 heavy (non-hydrogen) atoms. The second kappa shape index (κ2) is 5.23. The normalized spacial score (nSPS) is 18.6. The van der Waals surface area contributed by atoms with Crippen LogP contribution in [-0.2, 0) is 0 Å². The number of halogens is 1. The summed E-state index contributed by atoms with van der Waals surface area (Å²) in [5.74, 6) is 0.349. The van der Waals surface area contributed by atoms with Crippen LogP contribution in [0, 0.1) is 6.92 Å². The molecule has 102 valence electrons. The van der Waals surface area contributed by atoms with Crippen molar-refractivity contribution in [3.8, 4) is 0 Å². The Morgan fingerprint density at radius 2 is 2.21 bits per heavy atom. The van der Waals surface area contributed by atoms with Crippen molar-refractivity contribution in [3.05, 3.63) is 35.6 Å². The monoisotopic (exact) mass is 280 g/mol. The van der Waals surface area contributed by atoms with E-state index in [9.17, 15) is 4.79 Å². The molecule has 0 bridgehead atoms. The highest BCUT2D eigenvalue weighted by molar-refractivity contribution is 5.96. The molecule has 2 heterocycles. The molecule has 0 aliphatic carbocycles. The predicted molar refractivity (Wildman–Crippen MR) is 76.7 cm³/mol. The van der Waals surface area contributed by atoms with Crippen molar-refractivity contribution in [1.29, 1.82) is 0 Å². The van der Waals surface area contributed by atoms with E-state index in [1.807, 2.05) is 31.2 Å². The number of carbonyl (C=O) groups excluding carboxylic acids is 1. The van der Waals surface area contributed by atoms with Gasteiger partial charge in [-0.3, -0.25) is 4.79 Å². The number of rotatable bonds is 1. The highest BCUT2D eigenvalue weighted by Crippen LogP contribution is 2.22. The van der Waals surface area contributed by atoms with E-state index in [0.717, 1.165) is 29.5 Å². The maximum absolute atomic E-state index is 12.2. The molecule has 5 heteroatoms. The van der Waals surface area contributed by atoms with Gasteiger partial charge in [-0.25, -0.2) is 0 Å². The molecule has 1 atom stereocenters. The van der Waals surface area contributed by atoms with E-state index in [-0.39, 0.29) is 24.4 Å². The number of carbonyl (C=O) groups is 1. The van der Waals surface area contributed by atoms with Crippen LogP contribution in [0.25, 0.3) is 11.0 Å². The lowest BCUT2D eigenvalue weighted by Crippen LogP contribution is -2.31. The first-order chi connectivity index (χ1) is 8.63. The number of benzene rings is 1. The van der Waals surface area contributed by atoms with Crippen LogP contribution >= 0.6 is 12.4 Å². The van der Waals surface area contributed by atoms with Crippen molar-refractivity contribution in [1.82, 2.24) is 4.90 Å². The number of furan rings is 1. The number of likely N-dealkylation sites (tertiary alicyclic amines) is 1. The van der Waals surface area contributed by atoms with Crippen molar-refractivity contribution in [2.45, 2.75) is 19.4 Å². The van der Waals surface area contributed by atoms with Crippen LogP contribution in [-0.4, -0.2) is 29.9 Å². The minimum Gasteiger partial charge on any atom is -0.451 e. The summed E-state index contributed by atoms with van der Waals surface area (Å²) >= 11 is 0. The molecule has 1 saturated heterocycles. The van der Waals surface area contributed by atoms with Gasteiger partial charge in [0.1, 0.15) is 5.58 Å². The quantitative estimate of drug-likeness (QED) is 0.872. The smallest absolute Gasteiger partial charge is 0.289 e. The Bertz CT molecular complexity index is 609. The summed E-state index contributed by atoms with van der Waals surface area (Å²) in [5, 5.41) is 0.974. The van der Waals surface area contributed by atoms with E-state index in [1.54, 1.807) is 4.90 Å². The van der Waals surface area contributed by atoms with Gasteiger partial charge in [0.15, 0.2) is 5.76 Å². The first-order valence-corrected chi connectivity index (χ1v) is 6.18. The molecular formula is C14H17ClN2O2. The Kier molecular flexibility index (Phi) is 3.83. The maximum atomic E-state index is 12.2. The molecule has 2 aromatic rings. The first kappa shape index (κ1) is 13.9. The molecule has 1 aliphatic rings. The second-order valence-corrected chi connectivity index (χ2v) is 4.95. The summed E-state index contributed by atoms with van der Waals surface area (Å²) in [4.78, 5) is 14.0. The number of aryl methyl sites for hydroxylation is 1. The summed E-state index contributed by atoms with van der Waals surface area (Å²) in [6, 6.07) is 7.81. The van der Waals surface area contributed by atoms with Gasteiger partial charge in [-0.2, -0.15) is 0 Å². The van der Waals surface area contributed by atoms with Crippen LogP contribution in [0.3, 0.4) is 0 Å². The number of amides is 1. The lowest BCUT2D eigenvalue weighted by molar-refractivity contribution is 0.0761. The van der Waals surface area contributed by atoms with Gasteiger partial charge in [-0.1, -0.05) is 11.6 Å². The number of hydrogen-bond acceptors (Lipinski definition) is 3. The average Bonchev–Trinajstić information content (AvgIpc) is 2.93. The minimum absolute atomic E-state index is 0. The summed E-state index contributed by atoms with van der Waals surface area (Å²) in [6.07, 6.45) is 0.866. The molecule has 1 amide bonds. The fraction of sp³-hybridized carbons (Fsp3) is 0.357. The van der Waals surface area contributed by atoms with E-state index in [4.69, 9.17) is 10.2 Å². The minimum atomic E-state index is -0.0585. The van der Waals surface area contributed by atoms with E-state index in [0.29, 0.717) is 12.3 Å².